The fourth-order valence-corrected chi connectivity index (χ4v) is 6.54. The molecule has 3 rings (SSSR count). The van der Waals surface area contributed by atoms with Gasteiger partial charge in [-0.25, -0.2) is 8.42 Å². The molecule has 3 aromatic carbocycles. The van der Waals surface area contributed by atoms with E-state index in [1.54, 1.807) is 37.3 Å². The van der Waals surface area contributed by atoms with Gasteiger partial charge in [-0.3, -0.25) is 13.9 Å². The molecule has 0 fully saturated rings. The molecule has 1 atom stereocenters. The molecule has 42 heavy (non-hydrogen) atoms. The molecule has 0 aliphatic heterocycles. The van der Waals surface area contributed by atoms with E-state index in [-0.39, 0.29) is 33.1 Å². The summed E-state index contributed by atoms with van der Waals surface area (Å²) < 4.78 is 28.9. The number of nitrogens with zero attached hydrogens (tertiary/aromatic N) is 2. The number of hydrogen-bond acceptors (Lipinski definition) is 4. The van der Waals surface area contributed by atoms with Crippen LogP contribution in [-0.4, -0.2) is 44.3 Å². The molecule has 0 aliphatic carbocycles. The average Bonchev–Trinajstić information content (AvgIpc) is 2.93. The zero-order valence-corrected chi connectivity index (χ0v) is 27.4. The van der Waals surface area contributed by atoms with Crippen molar-refractivity contribution in [3.05, 3.63) is 91.9 Å². The van der Waals surface area contributed by atoms with Crippen LogP contribution in [0, 0.1) is 6.92 Å². The summed E-state index contributed by atoms with van der Waals surface area (Å²) in [6.45, 7) is 5.46. The highest BCUT2D eigenvalue weighted by atomic mass is 35.5. The second-order valence-electron chi connectivity index (χ2n) is 9.79. The maximum Gasteiger partial charge on any atom is 0.264 e. The molecule has 0 heterocycles. The maximum absolute atomic E-state index is 14.1. The molecule has 0 radical (unpaired) electrons. The summed E-state index contributed by atoms with van der Waals surface area (Å²) >= 11 is 24.8. The summed E-state index contributed by atoms with van der Waals surface area (Å²) in [5, 5.41) is 3.92. The second kappa shape index (κ2) is 15.3. The number of halogens is 4. The van der Waals surface area contributed by atoms with Crippen molar-refractivity contribution in [1.82, 2.24) is 10.2 Å². The predicted octanol–water partition coefficient (Wildman–Crippen LogP) is 7.53. The Kier molecular flexibility index (Phi) is 12.4. The van der Waals surface area contributed by atoms with Crippen LogP contribution in [0.25, 0.3) is 0 Å². The second-order valence-corrected chi connectivity index (χ2v) is 13.3. The smallest absolute Gasteiger partial charge is 0.264 e. The molecule has 226 valence electrons. The molecule has 7 nitrogen and oxygen atoms in total. The van der Waals surface area contributed by atoms with E-state index in [1.165, 1.54) is 35.2 Å². The molecule has 0 saturated heterocycles. The Morgan fingerprint density at radius 2 is 1.52 bits per heavy atom. The topological polar surface area (TPSA) is 86.8 Å². The minimum Gasteiger partial charge on any atom is -0.354 e. The number of amides is 2. The molecule has 3 aromatic rings. The van der Waals surface area contributed by atoms with Gasteiger partial charge < -0.3 is 10.2 Å². The third-order valence-corrected chi connectivity index (χ3v) is 9.54. The monoisotopic (exact) mass is 671 g/mol. The van der Waals surface area contributed by atoms with E-state index < -0.39 is 28.5 Å². The first-order chi connectivity index (χ1) is 19.9. The lowest BCUT2D eigenvalue weighted by molar-refractivity contribution is -0.140. The number of carbonyl (C=O) groups is 2. The SMILES string of the molecule is CCCCNC(=O)[C@@H](CC)N(Cc1ccc(Cl)c(Cl)c1)C(=O)CN(c1cc(Cl)cc(Cl)c1)S(=O)(=O)c1ccc(C)cc1. The highest BCUT2D eigenvalue weighted by Gasteiger charge is 2.34. The van der Waals surface area contributed by atoms with Crippen LogP contribution in [0.15, 0.2) is 65.6 Å². The summed E-state index contributed by atoms with van der Waals surface area (Å²) in [7, 11) is -4.26. The van der Waals surface area contributed by atoms with Gasteiger partial charge in [0.15, 0.2) is 0 Å². The Morgan fingerprint density at radius 3 is 2.10 bits per heavy atom. The van der Waals surface area contributed by atoms with Gasteiger partial charge in [-0.2, -0.15) is 0 Å². The molecule has 0 unspecified atom stereocenters. The summed E-state index contributed by atoms with van der Waals surface area (Å²) in [4.78, 5) is 28.8. The molecular formula is C30H33Cl4N3O4S. The van der Waals surface area contributed by atoms with E-state index >= 15 is 0 Å². The first-order valence-electron chi connectivity index (χ1n) is 13.4. The molecule has 0 spiro atoms. The van der Waals surface area contributed by atoms with Crippen molar-refractivity contribution >= 4 is 73.9 Å². The van der Waals surface area contributed by atoms with Crippen LogP contribution in [-0.2, 0) is 26.2 Å². The third-order valence-electron chi connectivity index (χ3n) is 6.58. The molecule has 1 N–H and O–H groups in total. The Labute approximate surface area is 267 Å². The predicted molar refractivity (Wildman–Crippen MR) is 171 cm³/mol. The van der Waals surface area contributed by atoms with Gasteiger partial charge in [-0.05, 0) is 67.8 Å². The van der Waals surface area contributed by atoms with Crippen LogP contribution >= 0.6 is 46.4 Å². The quantitative estimate of drug-likeness (QED) is 0.190. The molecule has 0 aromatic heterocycles. The van der Waals surface area contributed by atoms with Crippen LogP contribution < -0.4 is 9.62 Å². The van der Waals surface area contributed by atoms with Crippen molar-refractivity contribution in [2.75, 3.05) is 17.4 Å². The summed E-state index contributed by atoms with van der Waals surface area (Å²) in [6.07, 6.45) is 1.96. The van der Waals surface area contributed by atoms with Crippen molar-refractivity contribution in [3.63, 3.8) is 0 Å². The number of aryl methyl sites for hydroxylation is 1. The lowest BCUT2D eigenvalue weighted by Gasteiger charge is -2.33. The maximum atomic E-state index is 14.1. The van der Waals surface area contributed by atoms with Gasteiger partial charge in [0, 0.05) is 23.1 Å². The van der Waals surface area contributed by atoms with Crippen molar-refractivity contribution < 1.29 is 18.0 Å². The number of hydrogen-bond donors (Lipinski definition) is 1. The zero-order chi connectivity index (χ0) is 31.0. The molecule has 0 saturated carbocycles. The number of anilines is 1. The highest BCUT2D eigenvalue weighted by Crippen LogP contribution is 2.31. The number of benzene rings is 3. The van der Waals surface area contributed by atoms with Crippen molar-refractivity contribution in [2.45, 2.75) is 57.5 Å². The van der Waals surface area contributed by atoms with Gasteiger partial charge in [-0.15, -0.1) is 0 Å². The first kappa shape index (κ1) is 34.0. The van der Waals surface area contributed by atoms with E-state index in [4.69, 9.17) is 46.4 Å². The molecular weight excluding hydrogens is 640 g/mol. The van der Waals surface area contributed by atoms with Crippen LogP contribution in [0.1, 0.15) is 44.2 Å². The number of sulfonamides is 1. The molecule has 0 bridgehead atoms. The third kappa shape index (κ3) is 8.77. The molecule has 2 amide bonds. The largest absolute Gasteiger partial charge is 0.354 e. The van der Waals surface area contributed by atoms with Crippen LogP contribution in [0.3, 0.4) is 0 Å². The van der Waals surface area contributed by atoms with Crippen LogP contribution in [0.2, 0.25) is 20.1 Å². The number of rotatable bonds is 13. The molecule has 12 heteroatoms. The lowest BCUT2D eigenvalue weighted by atomic mass is 10.1. The van der Waals surface area contributed by atoms with Gasteiger partial charge in [0.25, 0.3) is 10.0 Å². The van der Waals surface area contributed by atoms with E-state index in [9.17, 15) is 18.0 Å². The van der Waals surface area contributed by atoms with Gasteiger partial charge in [0.2, 0.25) is 11.8 Å². The average molecular weight is 673 g/mol. The van der Waals surface area contributed by atoms with Crippen molar-refractivity contribution in [2.24, 2.45) is 0 Å². The van der Waals surface area contributed by atoms with E-state index in [1.807, 2.05) is 13.8 Å². The number of unbranched alkanes of at least 4 members (excludes halogenated alkanes) is 1. The number of carbonyl (C=O) groups excluding carboxylic acids is 2. The summed E-state index contributed by atoms with van der Waals surface area (Å²) in [5.41, 5.74) is 1.60. The Hall–Kier alpha value is -2.49. The Balaban J connectivity index is 2.08. The number of nitrogens with one attached hydrogen (secondary N) is 1. The lowest BCUT2D eigenvalue weighted by Crippen LogP contribution is -2.52. The fraction of sp³-hybridized carbons (Fsp3) is 0.333. The minimum absolute atomic E-state index is 0.00977. The van der Waals surface area contributed by atoms with E-state index in [0.717, 1.165) is 22.7 Å². The Morgan fingerprint density at radius 1 is 0.881 bits per heavy atom. The highest BCUT2D eigenvalue weighted by molar-refractivity contribution is 7.92. The van der Waals surface area contributed by atoms with Crippen molar-refractivity contribution in [1.29, 1.82) is 0 Å². The van der Waals surface area contributed by atoms with Gasteiger partial charge in [0.05, 0.1) is 20.6 Å². The van der Waals surface area contributed by atoms with E-state index in [0.29, 0.717) is 28.6 Å². The van der Waals surface area contributed by atoms with Crippen molar-refractivity contribution in [3.8, 4) is 0 Å². The van der Waals surface area contributed by atoms with Gasteiger partial charge in [0.1, 0.15) is 12.6 Å². The fourth-order valence-electron chi connectivity index (χ4n) is 4.31. The first-order valence-corrected chi connectivity index (χ1v) is 16.4. The normalized spacial score (nSPS) is 12.1. The Bertz CT molecular complexity index is 1500. The minimum atomic E-state index is -4.26. The zero-order valence-electron chi connectivity index (χ0n) is 23.5. The van der Waals surface area contributed by atoms with Crippen LogP contribution in [0.5, 0.6) is 0 Å². The molecule has 0 aliphatic rings. The van der Waals surface area contributed by atoms with Gasteiger partial charge >= 0.3 is 0 Å². The van der Waals surface area contributed by atoms with Gasteiger partial charge in [-0.1, -0.05) is 90.4 Å². The van der Waals surface area contributed by atoms with E-state index in [2.05, 4.69) is 5.32 Å². The standard InChI is InChI=1S/C30H33Cl4N3O4S/c1-4-6-13-35-30(39)28(5-2)36(18-21-9-12-26(33)27(34)14-21)29(38)19-37(24-16-22(31)15-23(32)17-24)42(40,41)25-10-7-20(3)8-11-25/h7-12,14-17,28H,4-6,13,18-19H2,1-3H3,(H,35,39)/t28-/m1/s1. The van der Waals surface area contributed by atoms with Crippen LogP contribution in [0.4, 0.5) is 5.69 Å². The summed E-state index contributed by atoms with van der Waals surface area (Å²) in [5.74, 6) is -0.941. The summed E-state index contributed by atoms with van der Waals surface area (Å²) in [6, 6.07) is 14.6.